The summed E-state index contributed by atoms with van der Waals surface area (Å²) in [5.74, 6) is -0.454. The van der Waals surface area contributed by atoms with Crippen molar-refractivity contribution in [1.82, 2.24) is 4.90 Å². The molecule has 2 heterocycles. The van der Waals surface area contributed by atoms with Crippen LogP contribution in [0.2, 0.25) is 0 Å². The van der Waals surface area contributed by atoms with Gasteiger partial charge in [-0.25, -0.2) is 4.39 Å². The number of rotatable bonds is 1. The molecule has 5 nitrogen and oxygen atoms in total. The number of ether oxygens (including phenoxy) is 1. The Morgan fingerprint density at radius 1 is 1.27 bits per heavy atom. The predicted molar refractivity (Wildman–Crippen MR) is 78.9 cm³/mol. The smallest absolute Gasteiger partial charge is 0.253 e. The highest BCUT2D eigenvalue weighted by Crippen LogP contribution is 2.31. The Labute approximate surface area is 128 Å². The van der Waals surface area contributed by atoms with Crippen LogP contribution in [0.1, 0.15) is 19.8 Å². The molecule has 0 radical (unpaired) electrons. The minimum atomic E-state index is -0.522. The Morgan fingerprint density at radius 3 is 2.68 bits per heavy atom. The quantitative estimate of drug-likeness (QED) is 0.791. The highest BCUT2D eigenvalue weighted by atomic mass is 19.1. The van der Waals surface area contributed by atoms with Crippen LogP contribution in [0, 0.1) is 5.82 Å². The third-order valence-corrected chi connectivity index (χ3v) is 4.37. The van der Waals surface area contributed by atoms with Crippen molar-refractivity contribution < 1.29 is 18.7 Å². The molecule has 0 bridgehead atoms. The number of piperidine rings is 1. The number of anilines is 1. The first kappa shape index (κ1) is 15.0. The Morgan fingerprint density at radius 2 is 2.00 bits per heavy atom. The molecule has 2 saturated heterocycles. The largest absolute Gasteiger partial charge is 0.361 e. The fourth-order valence-electron chi connectivity index (χ4n) is 3.18. The van der Waals surface area contributed by atoms with Gasteiger partial charge in [-0.1, -0.05) is 0 Å². The van der Waals surface area contributed by atoms with Gasteiger partial charge in [-0.2, -0.15) is 0 Å². The lowest BCUT2D eigenvalue weighted by Crippen LogP contribution is -2.62. The molecule has 22 heavy (non-hydrogen) atoms. The molecule has 0 aromatic heterocycles. The molecular weight excluding hydrogens is 287 g/mol. The van der Waals surface area contributed by atoms with Crippen LogP contribution in [0.15, 0.2) is 24.3 Å². The van der Waals surface area contributed by atoms with Crippen LogP contribution in [0.4, 0.5) is 10.1 Å². The average Bonchev–Trinajstić information content (AvgIpc) is 2.51. The molecule has 1 unspecified atom stereocenters. The predicted octanol–water partition coefficient (Wildman–Crippen LogP) is 1.57. The van der Waals surface area contributed by atoms with Crippen molar-refractivity contribution in [3.63, 3.8) is 0 Å². The van der Waals surface area contributed by atoms with Crippen molar-refractivity contribution in [3.05, 3.63) is 30.1 Å². The van der Waals surface area contributed by atoms with Gasteiger partial charge in [-0.05, 0) is 37.1 Å². The summed E-state index contributed by atoms with van der Waals surface area (Å²) in [4.78, 5) is 27.2. The minimum absolute atomic E-state index is 0.0108. The maximum absolute atomic E-state index is 13.1. The van der Waals surface area contributed by atoms with Crippen LogP contribution in [0.25, 0.3) is 0 Å². The second kappa shape index (κ2) is 5.68. The minimum Gasteiger partial charge on any atom is -0.361 e. The standard InChI is InChI=1S/C16H19FN2O3/c1-12(20)18-8-2-7-16(10-18)11-19(15(21)9-22-16)14-5-3-13(17)4-6-14/h3-6H,2,7-11H2,1H3. The fourth-order valence-corrected chi connectivity index (χ4v) is 3.18. The van der Waals surface area contributed by atoms with E-state index in [2.05, 4.69) is 0 Å². The summed E-state index contributed by atoms with van der Waals surface area (Å²) in [6.45, 7) is 3.15. The number of hydrogen-bond acceptors (Lipinski definition) is 3. The van der Waals surface area contributed by atoms with Crippen molar-refractivity contribution in [1.29, 1.82) is 0 Å². The molecule has 0 saturated carbocycles. The Hall–Kier alpha value is -1.95. The number of hydrogen-bond donors (Lipinski definition) is 0. The molecule has 2 amide bonds. The Bertz CT molecular complexity index is 590. The van der Waals surface area contributed by atoms with Crippen molar-refractivity contribution in [3.8, 4) is 0 Å². The van der Waals surface area contributed by atoms with Gasteiger partial charge in [-0.3, -0.25) is 9.59 Å². The van der Waals surface area contributed by atoms with Gasteiger partial charge in [0, 0.05) is 19.2 Å². The number of nitrogens with zero attached hydrogens (tertiary/aromatic N) is 2. The molecule has 0 aliphatic carbocycles. The first-order valence-corrected chi connectivity index (χ1v) is 7.45. The van der Waals surface area contributed by atoms with Crippen molar-refractivity contribution in [2.75, 3.05) is 31.1 Å². The molecule has 3 rings (SSSR count). The molecule has 1 spiro atoms. The van der Waals surface area contributed by atoms with Crippen molar-refractivity contribution in [2.45, 2.75) is 25.4 Å². The number of amides is 2. The average molecular weight is 306 g/mol. The first-order valence-electron chi connectivity index (χ1n) is 7.45. The third-order valence-electron chi connectivity index (χ3n) is 4.37. The lowest BCUT2D eigenvalue weighted by atomic mass is 9.90. The van der Waals surface area contributed by atoms with Gasteiger partial charge >= 0.3 is 0 Å². The van der Waals surface area contributed by atoms with E-state index in [1.807, 2.05) is 0 Å². The molecule has 2 aliphatic rings. The van der Waals surface area contributed by atoms with Gasteiger partial charge < -0.3 is 14.5 Å². The highest BCUT2D eigenvalue weighted by Gasteiger charge is 2.44. The van der Waals surface area contributed by atoms with Gasteiger partial charge in [-0.15, -0.1) is 0 Å². The number of likely N-dealkylation sites (tertiary alicyclic amines) is 1. The summed E-state index contributed by atoms with van der Waals surface area (Å²) in [6, 6.07) is 5.87. The summed E-state index contributed by atoms with van der Waals surface area (Å²) in [5.41, 5.74) is 0.140. The lowest BCUT2D eigenvalue weighted by Gasteiger charge is -2.47. The maximum atomic E-state index is 13.1. The van der Waals surface area contributed by atoms with Crippen LogP contribution >= 0.6 is 0 Å². The fraction of sp³-hybridized carbons (Fsp3) is 0.500. The molecule has 0 N–H and O–H groups in total. The zero-order valence-electron chi connectivity index (χ0n) is 12.5. The van der Waals surface area contributed by atoms with Gasteiger partial charge in [0.2, 0.25) is 5.91 Å². The lowest BCUT2D eigenvalue weighted by molar-refractivity contribution is -0.152. The van der Waals surface area contributed by atoms with E-state index in [1.165, 1.54) is 12.1 Å². The van der Waals surface area contributed by atoms with Gasteiger partial charge in [0.1, 0.15) is 18.0 Å². The van der Waals surface area contributed by atoms with Gasteiger partial charge in [0.25, 0.3) is 5.91 Å². The van der Waals surface area contributed by atoms with Gasteiger partial charge in [0.05, 0.1) is 13.1 Å². The molecule has 1 aromatic carbocycles. The molecule has 118 valence electrons. The second-order valence-electron chi connectivity index (χ2n) is 5.97. The molecule has 6 heteroatoms. The topological polar surface area (TPSA) is 49.9 Å². The Kier molecular flexibility index (Phi) is 3.87. The molecule has 2 aliphatic heterocycles. The van der Waals surface area contributed by atoms with Crippen molar-refractivity contribution in [2.24, 2.45) is 0 Å². The van der Waals surface area contributed by atoms with Gasteiger partial charge in [0.15, 0.2) is 0 Å². The van der Waals surface area contributed by atoms with E-state index in [0.717, 1.165) is 19.4 Å². The number of halogens is 1. The van der Waals surface area contributed by atoms with E-state index in [4.69, 9.17) is 4.74 Å². The summed E-state index contributed by atoms with van der Waals surface area (Å²) in [5, 5.41) is 0. The van der Waals surface area contributed by atoms with E-state index < -0.39 is 5.60 Å². The molecular formula is C16H19FN2O3. The number of morpholine rings is 1. The van der Waals surface area contributed by atoms with Crippen LogP contribution in [0.3, 0.4) is 0 Å². The second-order valence-corrected chi connectivity index (χ2v) is 5.97. The molecule has 1 atom stereocenters. The van der Waals surface area contributed by atoms with E-state index in [1.54, 1.807) is 28.9 Å². The van der Waals surface area contributed by atoms with Crippen LogP contribution < -0.4 is 4.90 Å². The summed E-state index contributed by atoms with van der Waals surface area (Å²) >= 11 is 0. The first-order chi connectivity index (χ1) is 10.5. The zero-order valence-corrected chi connectivity index (χ0v) is 12.5. The Balaban J connectivity index is 1.82. The monoisotopic (exact) mass is 306 g/mol. The van der Waals surface area contributed by atoms with Crippen molar-refractivity contribution >= 4 is 17.5 Å². The highest BCUT2D eigenvalue weighted by molar-refractivity contribution is 5.95. The van der Waals surface area contributed by atoms with Crippen LogP contribution in [0.5, 0.6) is 0 Å². The number of carbonyl (C=O) groups is 2. The third kappa shape index (κ3) is 2.83. The van der Waals surface area contributed by atoms with E-state index in [9.17, 15) is 14.0 Å². The number of carbonyl (C=O) groups excluding carboxylic acids is 2. The van der Waals surface area contributed by atoms with Crippen LogP contribution in [-0.2, 0) is 14.3 Å². The normalized spacial score (nSPS) is 25.6. The molecule has 1 aromatic rings. The zero-order chi connectivity index (χ0) is 15.7. The van der Waals surface area contributed by atoms with E-state index in [0.29, 0.717) is 18.8 Å². The van der Waals surface area contributed by atoms with Crippen LogP contribution in [-0.4, -0.2) is 48.6 Å². The summed E-state index contributed by atoms with van der Waals surface area (Å²) in [6.07, 6.45) is 1.66. The maximum Gasteiger partial charge on any atom is 0.253 e. The SMILES string of the molecule is CC(=O)N1CCCC2(C1)CN(c1ccc(F)cc1)C(=O)CO2. The summed E-state index contributed by atoms with van der Waals surface area (Å²) in [7, 11) is 0. The summed E-state index contributed by atoms with van der Waals surface area (Å²) < 4.78 is 18.9. The van der Waals surface area contributed by atoms with E-state index >= 15 is 0 Å². The molecule has 2 fully saturated rings. The van der Waals surface area contributed by atoms with E-state index in [-0.39, 0.29) is 24.2 Å². The number of benzene rings is 1.